The second-order valence-corrected chi connectivity index (χ2v) is 7.48. The molecule has 2 rings (SSSR count). The van der Waals surface area contributed by atoms with Gasteiger partial charge in [-0.2, -0.15) is 0 Å². The van der Waals surface area contributed by atoms with Crippen molar-refractivity contribution in [3.05, 3.63) is 56.7 Å². The lowest BCUT2D eigenvalue weighted by Gasteiger charge is -2.12. The molecule has 0 heterocycles. The van der Waals surface area contributed by atoms with E-state index in [1.54, 1.807) is 0 Å². The van der Waals surface area contributed by atoms with Crippen molar-refractivity contribution in [2.45, 2.75) is 11.5 Å². The molecule has 2 N–H and O–H groups in total. The minimum atomic E-state index is -3.96. The predicted molar refractivity (Wildman–Crippen MR) is 85.0 cm³/mol. The Bertz CT molecular complexity index is 761. The maximum atomic E-state index is 13.7. The lowest BCUT2D eigenvalue weighted by molar-refractivity contribution is 0.281. The van der Waals surface area contributed by atoms with Gasteiger partial charge in [-0.05, 0) is 61.7 Å². The summed E-state index contributed by atoms with van der Waals surface area (Å²) in [6.45, 7) is -0.203. The second kappa shape index (κ2) is 6.43. The highest BCUT2D eigenvalue weighted by molar-refractivity contribution is 9.11. The van der Waals surface area contributed by atoms with Gasteiger partial charge >= 0.3 is 0 Å². The normalized spacial score (nSPS) is 11.4. The Balaban J connectivity index is 2.44. The van der Waals surface area contributed by atoms with E-state index in [9.17, 15) is 12.8 Å². The summed E-state index contributed by atoms with van der Waals surface area (Å²) in [5, 5.41) is 9.02. The number of sulfonamides is 1. The van der Waals surface area contributed by atoms with Gasteiger partial charge in [-0.25, -0.2) is 12.8 Å². The highest BCUT2D eigenvalue weighted by Gasteiger charge is 2.20. The van der Waals surface area contributed by atoms with Crippen LogP contribution in [-0.2, 0) is 16.6 Å². The van der Waals surface area contributed by atoms with E-state index in [-0.39, 0.29) is 21.7 Å². The maximum Gasteiger partial charge on any atom is 0.263 e. The van der Waals surface area contributed by atoms with Gasteiger partial charge in [0.1, 0.15) is 10.7 Å². The highest BCUT2D eigenvalue weighted by Crippen LogP contribution is 2.30. The van der Waals surface area contributed by atoms with E-state index in [4.69, 9.17) is 5.11 Å². The maximum absolute atomic E-state index is 13.7. The molecule has 0 aromatic heterocycles. The molecule has 0 aliphatic carbocycles. The third-order valence-electron chi connectivity index (χ3n) is 2.67. The van der Waals surface area contributed by atoms with E-state index in [1.807, 2.05) is 0 Å². The smallest absolute Gasteiger partial charge is 0.263 e. The molecule has 0 saturated heterocycles. The number of anilines is 1. The van der Waals surface area contributed by atoms with E-state index in [2.05, 4.69) is 36.6 Å². The molecule has 0 aliphatic heterocycles. The summed E-state index contributed by atoms with van der Waals surface area (Å²) in [6.07, 6.45) is 0. The van der Waals surface area contributed by atoms with E-state index in [1.165, 1.54) is 30.3 Å². The van der Waals surface area contributed by atoms with Crippen molar-refractivity contribution in [2.75, 3.05) is 4.72 Å². The third kappa shape index (κ3) is 3.63. The van der Waals surface area contributed by atoms with Crippen molar-refractivity contribution in [1.29, 1.82) is 0 Å². The third-order valence-corrected chi connectivity index (χ3v) is 5.65. The second-order valence-electron chi connectivity index (χ2n) is 4.13. The molecule has 2 aromatic rings. The zero-order chi connectivity index (χ0) is 15.6. The molecule has 0 radical (unpaired) electrons. The van der Waals surface area contributed by atoms with E-state index in [0.29, 0.717) is 10.0 Å². The van der Waals surface area contributed by atoms with Crippen molar-refractivity contribution in [1.82, 2.24) is 0 Å². The van der Waals surface area contributed by atoms with Crippen LogP contribution in [0, 0.1) is 5.82 Å². The van der Waals surface area contributed by atoms with Crippen LogP contribution in [0.25, 0.3) is 0 Å². The molecule has 0 spiro atoms. The van der Waals surface area contributed by atoms with E-state index < -0.39 is 15.8 Å². The minimum absolute atomic E-state index is 0.0464. The van der Waals surface area contributed by atoms with Crippen LogP contribution in [0.4, 0.5) is 10.1 Å². The van der Waals surface area contributed by atoms with Crippen LogP contribution in [0.2, 0.25) is 0 Å². The van der Waals surface area contributed by atoms with Crippen molar-refractivity contribution >= 4 is 47.6 Å². The topological polar surface area (TPSA) is 66.4 Å². The Morgan fingerprint density at radius 2 is 1.86 bits per heavy atom. The molecule has 0 aliphatic rings. The fourth-order valence-electron chi connectivity index (χ4n) is 1.65. The Morgan fingerprint density at radius 3 is 2.43 bits per heavy atom. The Morgan fingerprint density at radius 1 is 1.14 bits per heavy atom. The SMILES string of the molecule is O=S(=O)(Nc1c(F)cccc1Br)c1ccc(CO)cc1Br. The Kier molecular flexibility index (Phi) is 5.03. The first-order chi connectivity index (χ1) is 9.85. The summed E-state index contributed by atoms with van der Waals surface area (Å²) in [4.78, 5) is -0.0464. The molecule has 21 heavy (non-hydrogen) atoms. The van der Waals surface area contributed by atoms with Gasteiger partial charge in [-0.3, -0.25) is 4.72 Å². The molecule has 0 saturated carbocycles. The van der Waals surface area contributed by atoms with Crippen molar-refractivity contribution in [2.24, 2.45) is 0 Å². The van der Waals surface area contributed by atoms with Crippen LogP contribution in [0.1, 0.15) is 5.56 Å². The first-order valence-electron chi connectivity index (χ1n) is 5.71. The average molecular weight is 439 g/mol. The fourth-order valence-corrected chi connectivity index (χ4v) is 4.43. The molecule has 8 heteroatoms. The average Bonchev–Trinajstić information content (AvgIpc) is 2.42. The first-order valence-corrected chi connectivity index (χ1v) is 8.78. The molecular formula is C13H10Br2FNO3S. The number of hydrogen-bond acceptors (Lipinski definition) is 3. The number of rotatable bonds is 4. The van der Waals surface area contributed by atoms with Crippen molar-refractivity contribution in [3.8, 4) is 0 Å². The standard InChI is InChI=1S/C13H10Br2FNO3S/c14-9-2-1-3-11(16)13(9)17-21(19,20)12-5-4-8(7-18)6-10(12)15/h1-6,17-18H,7H2. The molecule has 0 bridgehead atoms. The molecule has 0 unspecified atom stereocenters. The first kappa shape index (κ1) is 16.4. The monoisotopic (exact) mass is 437 g/mol. The van der Waals surface area contributed by atoms with Gasteiger partial charge in [-0.1, -0.05) is 12.1 Å². The summed E-state index contributed by atoms with van der Waals surface area (Å²) in [5.41, 5.74) is 0.406. The van der Waals surface area contributed by atoms with Crippen LogP contribution >= 0.6 is 31.9 Å². The number of hydrogen-bond donors (Lipinski definition) is 2. The van der Waals surface area contributed by atoms with Gasteiger partial charge in [0.25, 0.3) is 10.0 Å². The summed E-state index contributed by atoms with van der Waals surface area (Å²) >= 11 is 6.24. The molecular weight excluding hydrogens is 429 g/mol. The van der Waals surface area contributed by atoms with Gasteiger partial charge < -0.3 is 5.11 Å². The molecule has 0 atom stereocenters. The van der Waals surface area contributed by atoms with Gasteiger partial charge in [0, 0.05) is 8.95 Å². The number of aliphatic hydroxyl groups excluding tert-OH is 1. The van der Waals surface area contributed by atoms with E-state index in [0.717, 1.165) is 6.07 Å². The van der Waals surface area contributed by atoms with Crippen LogP contribution in [0.5, 0.6) is 0 Å². The molecule has 112 valence electrons. The number of para-hydroxylation sites is 1. The van der Waals surface area contributed by atoms with Crippen LogP contribution in [-0.4, -0.2) is 13.5 Å². The lowest BCUT2D eigenvalue weighted by atomic mass is 10.2. The summed E-state index contributed by atoms with van der Waals surface area (Å²) in [7, 11) is -3.96. The van der Waals surface area contributed by atoms with Gasteiger partial charge in [0.05, 0.1) is 12.3 Å². The van der Waals surface area contributed by atoms with E-state index >= 15 is 0 Å². The lowest BCUT2D eigenvalue weighted by Crippen LogP contribution is -2.15. The Labute approximate surface area is 138 Å². The Hall–Kier alpha value is -0.960. The summed E-state index contributed by atoms with van der Waals surface area (Å²) in [5.74, 6) is -0.684. The van der Waals surface area contributed by atoms with Gasteiger partial charge in [0.2, 0.25) is 0 Å². The zero-order valence-electron chi connectivity index (χ0n) is 10.5. The fraction of sp³-hybridized carbons (Fsp3) is 0.0769. The van der Waals surface area contributed by atoms with Gasteiger partial charge in [-0.15, -0.1) is 0 Å². The predicted octanol–water partition coefficient (Wildman–Crippen LogP) is 3.64. The number of halogens is 3. The quantitative estimate of drug-likeness (QED) is 0.765. The minimum Gasteiger partial charge on any atom is -0.392 e. The number of nitrogens with one attached hydrogen (secondary N) is 1. The summed E-state index contributed by atoms with van der Waals surface area (Å²) < 4.78 is 41.2. The zero-order valence-corrected chi connectivity index (χ0v) is 14.5. The van der Waals surface area contributed by atoms with Crippen LogP contribution < -0.4 is 4.72 Å². The molecule has 2 aromatic carbocycles. The van der Waals surface area contributed by atoms with Crippen molar-refractivity contribution in [3.63, 3.8) is 0 Å². The van der Waals surface area contributed by atoms with Crippen LogP contribution in [0.15, 0.2) is 50.2 Å². The summed E-state index contributed by atoms with van der Waals surface area (Å²) in [6, 6.07) is 8.47. The van der Waals surface area contributed by atoms with Gasteiger partial charge in [0.15, 0.2) is 0 Å². The number of benzene rings is 2. The number of aliphatic hydroxyl groups is 1. The van der Waals surface area contributed by atoms with Crippen molar-refractivity contribution < 1.29 is 17.9 Å². The van der Waals surface area contributed by atoms with Crippen LogP contribution in [0.3, 0.4) is 0 Å². The molecule has 0 amide bonds. The molecule has 4 nitrogen and oxygen atoms in total. The highest BCUT2D eigenvalue weighted by atomic mass is 79.9. The molecule has 0 fully saturated rings. The largest absolute Gasteiger partial charge is 0.392 e.